The predicted octanol–water partition coefficient (Wildman–Crippen LogP) is -0.532. The SMILES string of the molecule is COC[C@@](C)(O)C(=O)O. The molecule has 4 nitrogen and oxygen atoms in total. The summed E-state index contributed by atoms with van der Waals surface area (Å²) in [5.74, 6) is -1.27. The van der Waals surface area contributed by atoms with E-state index in [9.17, 15) is 4.79 Å². The minimum absolute atomic E-state index is 0.192. The zero-order chi connectivity index (χ0) is 7.49. The first-order valence-electron chi connectivity index (χ1n) is 2.45. The van der Waals surface area contributed by atoms with Crippen LogP contribution in [0.25, 0.3) is 0 Å². The molecule has 0 aromatic heterocycles. The molecule has 0 saturated heterocycles. The maximum Gasteiger partial charge on any atom is 0.337 e. The summed E-state index contributed by atoms with van der Waals surface area (Å²) in [5.41, 5.74) is -1.76. The Balaban J connectivity index is 3.85. The second-order valence-electron chi connectivity index (χ2n) is 2.01. The first kappa shape index (κ1) is 8.39. The third-order valence-corrected chi connectivity index (χ3v) is 0.886. The summed E-state index contributed by atoms with van der Waals surface area (Å²) in [6.45, 7) is 0.987. The highest BCUT2D eigenvalue weighted by atomic mass is 16.5. The van der Waals surface area contributed by atoms with Crippen molar-refractivity contribution in [1.82, 2.24) is 0 Å². The number of aliphatic hydroxyl groups is 1. The van der Waals surface area contributed by atoms with E-state index < -0.39 is 11.6 Å². The molecule has 0 spiro atoms. The Bertz CT molecular complexity index is 108. The average Bonchev–Trinajstić information content (AvgIpc) is 1.65. The third-order valence-electron chi connectivity index (χ3n) is 0.886. The highest BCUT2D eigenvalue weighted by Gasteiger charge is 2.29. The molecular weight excluding hydrogens is 124 g/mol. The van der Waals surface area contributed by atoms with Crippen LogP contribution in [0.5, 0.6) is 0 Å². The Hall–Kier alpha value is -0.610. The molecule has 54 valence electrons. The summed E-state index contributed by atoms with van der Waals surface area (Å²) in [5, 5.41) is 17.1. The highest BCUT2D eigenvalue weighted by molar-refractivity contribution is 5.76. The van der Waals surface area contributed by atoms with Crippen LogP contribution in [0.4, 0.5) is 0 Å². The summed E-state index contributed by atoms with van der Waals surface area (Å²) >= 11 is 0. The molecule has 0 radical (unpaired) electrons. The van der Waals surface area contributed by atoms with Gasteiger partial charge in [-0.15, -0.1) is 0 Å². The Morgan fingerprint density at radius 3 is 2.33 bits per heavy atom. The van der Waals surface area contributed by atoms with Gasteiger partial charge < -0.3 is 14.9 Å². The van der Waals surface area contributed by atoms with Crippen LogP contribution < -0.4 is 0 Å². The van der Waals surface area contributed by atoms with E-state index in [1.165, 1.54) is 14.0 Å². The molecule has 0 heterocycles. The van der Waals surface area contributed by atoms with E-state index >= 15 is 0 Å². The van der Waals surface area contributed by atoms with Crippen LogP contribution in [0.2, 0.25) is 0 Å². The lowest BCUT2D eigenvalue weighted by Crippen LogP contribution is -2.39. The van der Waals surface area contributed by atoms with Gasteiger partial charge in [-0.3, -0.25) is 0 Å². The van der Waals surface area contributed by atoms with Crippen molar-refractivity contribution in [2.45, 2.75) is 12.5 Å². The number of methoxy groups -OCH3 is 1. The van der Waals surface area contributed by atoms with Gasteiger partial charge in [0.15, 0.2) is 5.60 Å². The summed E-state index contributed by atoms with van der Waals surface area (Å²) in [6, 6.07) is 0. The lowest BCUT2D eigenvalue weighted by atomic mass is 10.1. The van der Waals surface area contributed by atoms with Crippen LogP contribution in [0.1, 0.15) is 6.92 Å². The third kappa shape index (κ3) is 2.43. The molecule has 0 saturated carbocycles. The monoisotopic (exact) mass is 134 g/mol. The fourth-order valence-electron chi connectivity index (χ4n) is 0.343. The summed E-state index contributed by atoms with van der Waals surface area (Å²) in [4.78, 5) is 10.1. The van der Waals surface area contributed by atoms with Crippen molar-refractivity contribution in [3.63, 3.8) is 0 Å². The normalized spacial score (nSPS) is 16.8. The molecule has 0 aliphatic heterocycles. The second-order valence-corrected chi connectivity index (χ2v) is 2.01. The van der Waals surface area contributed by atoms with Gasteiger partial charge in [0.1, 0.15) is 0 Å². The lowest BCUT2D eigenvalue weighted by molar-refractivity contribution is -0.161. The zero-order valence-corrected chi connectivity index (χ0v) is 5.42. The van der Waals surface area contributed by atoms with Gasteiger partial charge in [-0.25, -0.2) is 4.79 Å². The molecule has 0 aromatic carbocycles. The van der Waals surface area contributed by atoms with E-state index in [0.717, 1.165) is 0 Å². The van der Waals surface area contributed by atoms with Gasteiger partial charge in [-0.1, -0.05) is 0 Å². The van der Waals surface area contributed by atoms with E-state index in [1.807, 2.05) is 0 Å². The van der Waals surface area contributed by atoms with Gasteiger partial charge >= 0.3 is 5.97 Å². The Labute approximate surface area is 53.1 Å². The van der Waals surface area contributed by atoms with E-state index in [4.69, 9.17) is 10.2 Å². The van der Waals surface area contributed by atoms with Crippen LogP contribution in [0, 0.1) is 0 Å². The van der Waals surface area contributed by atoms with Crippen LogP contribution in [0.3, 0.4) is 0 Å². The Kier molecular flexibility index (Phi) is 2.61. The van der Waals surface area contributed by atoms with E-state index in [0.29, 0.717) is 0 Å². The van der Waals surface area contributed by atoms with E-state index in [1.54, 1.807) is 0 Å². The van der Waals surface area contributed by atoms with Crippen molar-refractivity contribution in [2.24, 2.45) is 0 Å². The van der Waals surface area contributed by atoms with Crippen molar-refractivity contribution in [1.29, 1.82) is 0 Å². The minimum Gasteiger partial charge on any atom is -0.479 e. The maximum atomic E-state index is 10.1. The van der Waals surface area contributed by atoms with Crippen LogP contribution >= 0.6 is 0 Å². The number of carboxylic acids is 1. The summed E-state index contributed by atoms with van der Waals surface area (Å²) in [7, 11) is 1.33. The molecule has 0 aliphatic carbocycles. The number of hydrogen-bond acceptors (Lipinski definition) is 3. The van der Waals surface area contributed by atoms with E-state index in [2.05, 4.69) is 4.74 Å². The number of carboxylic acid groups (broad SMARTS) is 1. The number of carbonyl (C=O) groups is 1. The number of aliphatic carboxylic acids is 1. The Morgan fingerprint density at radius 2 is 2.22 bits per heavy atom. The largest absolute Gasteiger partial charge is 0.479 e. The number of ether oxygens (including phenoxy) is 1. The molecule has 0 unspecified atom stereocenters. The molecule has 0 bridgehead atoms. The van der Waals surface area contributed by atoms with Gasteiger partial charge in [-0.05, 0) is 6.92 Å². The smallest absolute Gasteiger partial charge is 0.337 e. The molecule has 1 atom stereocenters. The van der Waals surface area contributed by atoms with Crippen molar-refractivity contribution in [3.8, 4) is 0 Å². The summed E-state index contributed by atoms with van der Waals surface area (Å²) in [6.07, 6.45) is 0. The summed E-state index contributed by atoms with van der Waals surface area (Å²) < 4.78 is 4.44. The average molecular weight is 134 g/mol. The molecule has 0 aromatic rings. The maximum absolute atomic E-state index is 10.1. The van der Waals surface area contributed by atoms with Gasteiger partial charge in [-0.2, -0.15) is 0 Å². The first-order valence-corrected chi connectivity index (χ1v) is 2.45. The molecular formula is C5H10O4. The van der Waals surface area contributed by atoms with Crippen LogP contribution in [0.15, 0.2) is 0 Å². The quantitative estimate of drug-likeness (QED) is 0.544. The van der Waals surface area contributed by atoms with Crippen molar-refractivity contribution in [2.75, 3.05) is 13.7 Å². The number of rotatable bonds is 3. The van der Waals surface area contributed by atoms with Gasteiger partial charge in [0, 0.05) is 7.11 Å². The highest BCUT2D eigenvalue weighted by Crippen LogP contribution is 2.01. The number of hydrogen-bond donors (Lipinski definition) is 2. The molecule has 0 fully saturated rings. The topological polar surface area (TPSA) is 66.8 Å². The molecule has 0 rings (SSSR count). The van der Waals surface area contributed by atoms with Gasteiger partial charge in [0.25, 0.3) is 0 Å². The fourth-order valence-corrected chi connectivity index (χ4v) is 0.343. The van der Waals surface area contributed by atoms with Crippen molar-refractivity contribution < 1.29 is 19.7 Å². The molecule has 0 aliphatic rings. The van der Waals surface area contributed by atoms with E-state index in [-0.39, 0.29) is 6.61 Å². The second kappa shape index (κ2) is 2.80. The van der Waals surface area contributed by atoms with Gasteiger partial charge in [0.2, 0.25) is 0 Å². The molecule has 0 amide bonds. The minimum atomic E-state index is -1.76. The first-order chi connectivity index (χ1) is 4.00. The fraction of sp³-hybridized carbons (Fsp3) is 0.800. The predicted molar refractivity (Wildman–Crippen MR) is 30.1 cm³/mol. The standard InChI is InChI=1S/C5H10O4/c1-5(8,3-9-2)4(6)7/h8H,3H2,1-2H3,(H,6,7)/t5-/m1/s1. The Morgan fingerprint density at radius 1 is 1.78 bits per heavy atom. The van der Waals surface area contributed by atoms with Crippen molar-refractivity contribution in [3.05, 3.63) is 0 Å². The van der Waals surface area contributed by atoms with Crippen LogP contribution in [-0.2, 0) is 9.53 Å². The van der Waals surface area contributed by atoms with Gasteiger partial charge in [0.05, 0.1) is 6.61 Å². The van der Waals surface area contributed by atoms with Crippen LogP contribution in [-0.4, -0.2) is 35.5 Å². The molecule has 2 N–H and O–H groups in total. The molecule has 4 heteroatoms. The zero-order valence-electron chi connectivity index (χ0n) is 5.42. The lowest BCUT2D eigenvalue weighted by Gasteiger charge is -2.15. The molecule has 9 heavy (non-hydrogen) atoms. The van der Waals surface area contributed by atoms with Crippen molar-refractivity contribution >= 4 is 5.97 Å².